The molecule has 0 amide bonds. The summed E-state index contributed by atoms with van der Waals surface area (Å²) in [4.78, 5) is 9.53. The van der Waals surface area contributed by atoms with Gasteiger partial charge in [-0.05, 0) is 60.7 Å². The van der Waals surface area contributed by atoms with Gasteiger partial charge in [0.15, 0.2) is 0 Å². The molecule has 0 aliphatic heterocycles. The van der Waals surface area contributed by atoms with Gasteiger partial charge in [0.1, 0.15) is 28.7 Å². The Morgan fingerprint density at radius 2 is 0.550 bits per heavy atom. The van der Waals surface area contributed by atoms with Crippen molar-refractivity contribution in [2.24, 2.45) is 0 Å². The molecule has 0 fully saturated rings. The van der Waals surface area contributed by atoms with E-state index in [9.17, 15) is 14.0 Å². The minimum atomic E-state index is -4.14. The Morgan fingerprint density at radius 1 is 0.350 bits per heavy atom. The van der Waals surface area contributed by atoms with Gasteiger partial charge in [-0.1, -0.05) is 91.0 Å². The van der Waals surface area contributed by atoms with Crippen molar-refractivity contribution in [3.05, 3.63) is 152 Å². The molecule has 0 aromatic heterocycles. The molecule has 0 heterocycles. The lowest BCUT2D eigenvalue weighted by Crippen LogP contribution is -2.07. The molecule has 0 saturated carbocycles. The lowest BCUT2D eigenvalue weighted by molar-refractivity contribution is 0.290. The number of para-hydroxylation sites is 5. The standard InChI is InChI=1S/C18H15O4P.C12H11O4P/c19-23(20-16-10-4-1-5-11-16,21-17-12-6-2-7-13-17)22-18-14-8-3-9-15-18;13-17(14,15-11-7-3-1-4-8-11)16-12-9-5-2-6-10-12/h1-15H;1-10H,(H,13,14). The Hall–Kier alpha value is -4.48. The molecule has 10 heteroatoms. The Morgan fingerprint density at radius 3 is 0.775 bits per heavy atom. The highest BCUT2D eigenvalue weighted by Gasteiger charge is 2.33. The van der Waals surface area contributed by atoms with Crippen molar-refractivity contribution in [1.82, 2.24) is 0 Å². The van der Waals surface area contributed by atoms with Crippen LogP contribution in [0.25, 0.3) is 0 Å². The van der Waals surface area contributed by atoms with Crippen LogP contribution in [-0.4, -0.2) is 4.89 Å². The first-order chi connectivity index (χ1) is 19.4. The first-order valence-corrected chi connectivity index (χ1v) is 15.0. The van der Waals surface area contributed by atoms with Gasteiger partial charge in [0.2, 0.25) is 0 Å². The molecular weight excluding hydrogens is 550 g/mol. The highest BCUT2D eigenvalue weighted by molar-refractivity contribution is 7.49. The van der Waals surface area contributed by atoms with Crippen LogP contribution in [0.2, 0.25) is 0 Å². The highest BCUT2D eigenvalue weighted by atomic mass is 31.2. The van der Waals surface area contributed by atoms with Gasteiger partial charge in [-0.15, -0.1) is 0 Å². The van der Waals surface area contributed by atoms with Gasteiger partial charge in [-0.25, -0.2) is 4.57 Å². The summed E-state index contributed by atoms with van der Waals surface area (Å²) in [5.74, 6) is 1.79. The minimum absolute atomic E-state index is 0.286. The van der Waals surface area contributed by atoms with Gasteiger partial charge in [-0.3, -0.25) is 4.89 Å². The maximum atomic E-state index is 13.1. The van der Waals surface area contributed by atoms with E-state index in [1.165, 1.54) is 0 Å². The zero-order valence-corrected chi connectivity index (χ0v) is 22.9. The Balaban J connectivity index is 0.000000194. The predicted octanol–water partition coefficient (Wildman–Crippen LogP) is 8.58. The SMILES string of the molecule is O=P(O)(Oc1ccccc1)Oc1ccccc1.O=P(Oc1ccccc1)(Oc1ccccc1)Oc1ccccc1. The molecule has 5 rings (SSSR count). The van der Waals surface area contributed by atoms with Gasteiger partial charge >= 0.3 is 15.6 Å². The van der Waals surface area contributed by atoms with Crippen molar-refractivity contribution in [2.45, 2.75) is 0 Å². The van der Waals surface area contributed by atoms with Gasteiger partial charge in [0, 0.05) is 0 Å². The fourth-order valence-electron chi connectivity index (χ4n) is 3.14. The van der Waals surface area contributed by atoms with Crippen molar-refractivity contribution >= 4 is 15.6 Å². The number of hydrogen-bond acceptors (Lipinski definition) is 7. The van der Waals surface area contributed by atoms with E-state index in [0.29, 0.717) is 17.2 Å². The Kier molecular flexibility index (Phi) is 10.0. The van der Waals surface area contributed by atoms with E-state index < -0.39 is 15.6 Å². The topological polar surface area (TPSA) is 101 Å². The molecule has 0 aliphatic carbocycles. The lowest BCUT2D eigenvalue weighted by Gasteiger charge is -2.19. The van der Waals surface area contributed by atoms with E-state index in [4.69, 9.17) is 22.6 Å². The minimum Gasteiger partial charge on any atom is -0.395 e. The first-order valence-electron chi connectivity index (χ1n) is 12.1. The van der Waals surface area contributed by atoms with E-state index in [2.05, 4.69) is 0 Å². The molecule has 40 heavy (non-hydrogen) atoms. The first kappa shape index (κ1) is 28.5. The maximum absolute atomic E-state index is 13.1. The zero-order chi connectivity index (χ0) is 28.1. The summed E-state index contributed by atoms with van der Waals surface area (Å²) in [6.45, 7) is 0. The molecule has 0 unspecified atom stereocenters. The summed E-state index contributed by atoms with van der Waals surface area (Å²) in [6.07, 6.45) is 0. The van der Waals surface area contributed by atoms with Gasteiger partial charge < -0.3 is 22.6 Å². The maximum Gasteiger partial charge on any atom is 0.647 e. The van der Waals surface area contributed by atoms with Crippen LogP contribution in [0.3, 0.4) is 0 Å². The van der Waals surface area contributed by atoms with Gasteiger partial charge in [0.05, 0.1) is 0 Å². The average molecular weight is 576 g/mol. The molecule has 1 N–H and O–H groups in total. The van der Waals surface area contributed by atoms with Gasteiger partial charge in [0.25, 0.3) is 0 Å². The van der Waals surface area contributed by atoms with E-state index >= 15 is 0 Å². The summed E-state index contributed by atoms with van der Waals surface area (Å²) in [5.41, 5.74) is 0. The zero-order valence-electron chi connectivity index (χ0n) is 21.1. The molecule has 5 aromatic carbocycles. The molecule has 0 bridgehead atoms. The molecular formula is C30H26O8P2. The Labute approximate surface area is 232 Å². The summed E-state index contributed by atoms with van der Waals surface area (Å²) in [7, 11) is -8.02. The molecule has 0 saturated heterocycles. The van der Waals surface area contributed by atoms with Crippen LogP contribution < -0.4 is 22.6 Å². The smallest absolute Gasteiger partial charge is 0.395 e. The molecule has 0 radical (unpaired) electrons. The molecule has 0 atom stereocenters. The number of hydrogen-bond donors (Lipinski definition) is 1. The van der Waals surface area contributed by atoms with Crippen LogP contribution in [0.4, 0.5) is 0 Å². The molecule has 5 aromatic rings. The average Bonchev–Trinajstić information content (AvgIpc) is 2.95. The number of benzene rings is 5. The van der Waals surface area contributed by atoms with E-state index in [-0.39, 0.29) is 11.5 Å². The summed E-state index contributed by atoms with van der Waals surface area (Å²) < 4.78 is 51.1. The summed E-state index contributed by atoms with van der Waals surface area (Å²) in [5, 5.41) is 0. The lowest BCUT2D eigenvalue weighted by atomic mass is 10.3. The largest absolute Gasteiger partial charge is 0.647 e. The fraction of sp³-hybridized carbons (Fsp3) is 0. The third-order valence-corrected chi connectivity index (χ3v) is 7.00. The summed E-state index contributed by atoms with van der Waals surface area (Å²) in [6, 6.07) is 43.1. The van der Waals surface area contributed by atoms with Crippen LogP contribution in [0, 0.1) is 0 Å². The highest BCUT2D eigenvalue weighted by Crippen LogP contribution is 2.49. The second-order valence-corrected chi connectivity index (χ2v) is 10.7. The number of phosphoric ester groups is 2. The van der Waals surface area contributed by atoms with Crippen LogP contribution in [0.1, 0.15) is 0 Å². The van der Waals surface area contributed by atoms with Crippen molar-refractivity contribution in [3.8, 4) is 28.7 Å². The quantitative estimate of drug-likeness (QED) is 0.165. The second-order valence-electron chi connectivity index (χ2n) is 7.94. The third-order valence-electron chi connectivity index (χ3n) is 4.81. The second kappa shape index (κ2) is 14.1. The van der Waals surface area contributed by atoms with Gasteiger partial charge in [-0.2, -0.15) is 4.57 Å². The van der Waals surface area contributed by atoms with Crippen molar-refractivity contribution in [2.75, 3.05) is 0 Å². The summed E-state index contributed by atoms with van der Waals surface area (Å²) >= 11 is 0. The van der Waals surface area contributed by atoms with Crippen molar-refractivity contribution in [3.63, 3.8) is 0 Å². The van der Waals surface area contributed by atoms with E-state index in [0.717, 1.165) is 0 Å². The van der Waals surface area contributed by atoms with Crippen molar-refractivity contribution < 1.29 is 36.6 Å². The predicted molar refractivity (Wildman–Crippen MR) is 153 cm³/mol. The molecule has 204 valence electrons. The van der Waals surface area contributed by atoms with E-state index in [1.807, 2.05) is 18.2 Å². The molecule has 0 spiro atoms. The van der Waals surface area contributed by atoms with Crippen LogP contribution in [0.15, 0.2) is 152 Å². The normalized spacial score (nSPS) is 10.8. The van der Waals surface area contributed by atoms with Crippen molar-refractivity contribution in [1.29, 1.82) is 0 Å². The number of rotatable bonds is 10. The van der Waals surface area contributed by atoms with E-state index in [1.54, 1.807) is 133 Å². The molecule has 0 aliphatic rings. The monoisotopic (exact) mass is 576 g/mol. The van der Waals surface area contributed by atoms with Crippen LogP contribution in [-0.2, 0) is 9.13 Å². The fourth-order valence-corrected chi connectivity index (χ4v) is 5.20. The Bertz CT molecular complexity index is 1370. The third kappa shape index (κ3) is 9.68. The molecule has 8 nitrogen and oxygen atoms in total. The van der Waals surface area contributed by atoms with Crippen LogP contribution >= 0.6 is 15.6 Å². The number of phosphoric acid groups is 2. The van der Waals surface area contributed by atoms with Crippen LogP contribution in [0.5, 0.6) is 28.7 Å².